The number of carbonyl (C=O) groups excluding carboxylic acids is 1. The SMILES string of the molecule is C=C[C@@H]1C[C@H](C(C)=O)C[C@H]1[C@@H]([CH2-])CC(=C)C.[Ac]. The molecule has 0 saturated heterocycles. The molecule has 1 aliphatic carbocycles. The molecule has 93 valence electrons. The molecule has 1 nitrogen and oxygen atoms in total. The summed E-state index contributed by atoms with van der Waals surface area (Å²) in [4.78, 5) is 11.4. The Morgan fingerprint density at radius 3 is 2.47 bits per heavy atom. The molecule has 1 aliphatic rings. The smallest absolute Gasteiger partial charge is 0.132 e. The van der Waals surface area contributed by atoms with E-state index in [1.807, 2.05) is 13.0 Å². The first-order valence-corrected chi connectivity index (χ1v) is 6.06. The normalized spacial score (nSPS) is 29.2. The van der Waals surface area contributed by atoms with E-state index in [-0.39, 0.29) is 50.0 Å². The number of ketones is 1. The van der Waals surface area contributed by atoms with Crippen molar-refractivity contribution in [3.63, 3.8) is 0 Å². The van der Waals surface area contributed by atoms with Crippen molar-refractivity contribution < 1.29 is 48.9 Å². The molecule has 0 aliphatic heterocycles. The number of allylic oxidation sites excluding steroid dienone is 2. The summed E-state index contributed by atoms with van der Waals surface area (Å²) in [7, 11) is 0. The summed E-state index contributed by atoms with van der Waals surface area (Å²) in [5.74, 6) is 1.86. The molecule has 0 heterocycles. The first-order valence-electron chi connectivity index (χ1n) is 6.06. The van der Waals surface area contributed by atoms with Crippen LogP contribution in [0.5, 0.6) is 0 Å². The Kier molecular flexibility index (Phi) is 8.18. The van der Waals surface area contributed by atoms with Crippen LogP contribution in [0.2, 0.25) is 0 Å². The molecule has 1 rings (SSSR count). The monoisotopic (exact) mass is 446 g/mol. The second kappa shape index (κ2) is 7.90. The predicted molar refractivity (Wildman–Crippen MR) is 68.9 cm³/mol. The van der Waals surface area contributed by atoms with Crippen molar-refractivity contribution in [2.75, 3.05) is 0 Å². The summed E-state index contributed by atoms with van der Waals surface area (Å²) >= 11 is 0. The molecule has 0 amide bonds. The molecule has 4 atom stereocenters. The third-order valence-corrected chi connectivity index (χ3v) is 3.76. The maximum atomic E-state index is 11.4. The zero-order chi connectivity index (χ0) is 12.3. The Labute approximate surface area is 142 Å². The van der Waals surface area contributed by atoms with Crippen molar-refractivity contribution in [1.82, 2.24) is 0 Å². The van der Waals surface area contributed by atoms with E-state index in [1.54, 1.807) is 6.92 Å². The van der Waals surface area contributed by atoms with Gasteiger partial charge in [-0.25, -0.2) is 0 Å². The molecule has 0 aromatic heterocycles. The standard InChI is InChI=1S/C15H23O.Ac/c1-6-13-8-14(12(5)16)9-15(13)11(4)7-10(2)3;/h6,11,13-15H,1-2,4,7-9H2,3,5H3;/q-1;/t11-,13+,14-,15-;/m0./s1. The van der Waals surface area contributed by atoms with Gasteiger partial charge in [0.1, 0.15) is 5.78 Å². The number of Topliss-reactive ketones (excluding diaryl/α,β-unsaturated/α-hetero) is 1. The van der Waals surface area contributed by atoms with Gasteiger partial charge < -0.3 is 6.92 Å². The molecular formula is C15H23AcO-. The average Bonchev–Trinajstić information content (AvgIpc) is 2.60. The first kappa shape index (κ1) is 17.6. The van der Waals surface area contributed by atoms with Crippen LogP contribution in [-0.4, -0.2) is 5.78 Å². The van der Waals surface area contributed by atoms with Gasteiger partial charge in [-0.15, -0.1) is 13.2 Å². The van der Waals surface area contributed by atoms with Crippen molar-refractivity contribution in [2.45, 2.75) is 33.1 Å². The topological polar surface area (TPSA) is 17.1 Å². The Balaban J connectivity index is 0.00000256. The molecule has 0 unspecified atom stereocenters. The maximum Gasteiger partial charge on any atom is 0.132 e. The first-order chi connectivity index (χ1) is 7.45. The quantitative estimate of drug-likeness (QED) is 0.464. The van der Waals surface area contributed by atoms with Crippen molar-refractivity contribution in [1.29, 1.82) is 0 Å². The van der Waals surface area contributed by atoms with Crippen LogP contribution in [0.1, 0.15) is 33.1 Å². The van der Waals surface area contributed by atoms with Crippen molar-refractivity contribution in [3.05, 3.63) is 31.7 Å². The second-order valence-corrected chi connectivity index (χ2v) is 5.26. The van der Waals surface area contributed by atoms with Gasteiger partial charge in [0, 0.05) is 50.0 Å². The summed E-state index contributed by atoms with van der Waals surface area (Å²) in [5.41, 5.74) is 1.18. The predicted octanol–water partition coefficient (Wildman–Crippen LogP) is 3.82. The maximum absolute atomic E-state index is 11.4. The van der Waals surface area contributed by atoms with Crippen LogP contribution in [0, 0.1) is 74.7 Å². The summed E-state index contributed by atoms with van der Waals surface area (Å²) in [6, 6.07) is 0. The van der Waals surface area contributed by atoms with Crippen LogP contribution in [0.4, 0.5) is 0 Å². The Morgan fingerprint density at radius 2 is 2.06 bits per heavy atom. The van der Waals surface area contributed by atoms with E-state index < -0.39 is 0 Å². The van der Waals surface area contributed by atoms with Gasteiger partial charge in [0.2, 0.25) is 0 Å². The van der Waals surface area contributed by atoms with E-state index in [2.05, 4.69) is 20.1 Å². The summed E-state index contributed by atoms with van der Waals surface area (Å²) < 4.78 is 0. The van der Waals surface area contributed by atoms with Gasteiger partial charge in [-0.1, -0.05) is 24.0 Å². The van der Waals surface area contributed by atoms with Gasteiger partial charge >= 0.3 is 0 Å². The second-order valence-electron chi connectivity index (χ2n) is 5.26. The van der Waals surface area contributed by atoms with Crippen molar-refractivity contribution in [2.24, 2.45) is 23.7 Å². The van der Waals surface area contributed by atoms with Crippen LogP contribution in [0.25, 0.3) is 0 Å². The molecule has 0 N–H and O–H groups in total. The van der Waals surface area contributed by atoms with Gasteiger partial charge in [0.05, 0.1) is 0 Å². The Morgan fingerprint density at radius 1 is 1.47 bits per heavy atom. The van der Waals surface area contributed by atoms with Crippen LogP contribution >= 0.6 is 0 Å². The Bertz CT molecular complexity index is 295. The molecule has 17 heavy (non-hydrogen) atoms. The van der Waals surface area contributed by atoms with E-state index in [0.29, 0.717) is 23.5 Å². The molecule has 0 aromatic rings. The van der Waals surface area contributed by atoms with E-state index in [1.165, 1.54) is 5.57 Å². The Hall–Kier alpha value is 0.592. The fraction of sp³-hybridized carbons (Fsp3) is 0.600. The van der Waals surface area contributed by atoms with E-state index in [4.69, 9.17) is 0 Å². The molecule has 0 spiro atoms. The average molecular weight is 446 g/mol. The number of hydrogen-bond donors (Lipinski definition) is 0. The molecule has 0 bridgehead atoms. The molecule has 1 radical (unpaired) electrons. The van der Waals surface area contributed by atoms with Gasteiger partial charge in [0.25, 0.3) is 0 Å². The largest absolute Gasteiger partial charge is 0.340 e. The number of rotatable bonds is 5. The minimum Gasteiger partial charge on any atom is -0.340 e. The fourth-order valence-electron chi connectivity index (χ4n) is 2.85. The van der Waals surface area contributed by atoms with Crippen molar-refractivity contribution in [3.8, 4) is 0 Å². The third kappa shape index (κ3) is 5.00. The van der Waals surface area contributed by atoms with E-state index >= 15 is 0 Å². The van der Waals surface area contributed by atoms with E-state index in [9.17, 15) is 4.79 Å². The zero-order valence-electron chi connectivity index (χ0n) is 11.1. The van der Waals surface area contributed by atoms with Crippen LogP contribution in [0.15, 0.2) is 24.8 Å². The van der Waals surface area contributed by atoms with Crippen molar-refractivity contribution >= 4 is 5.78 Å². The number of hydrogen-bond acceptors (Lipinski definition) is 1. The minimum absolute atomic E-state index is 0. The fourth-order valence-corrected chi connectivity index (χ4v) is 2.85. The molecule has 0 aromatic carbocycles. The summed E-state index contributed by atoms with van der Waals surface area (Å²) in [6.45, 7) is 15.8. The zero-order valence-corrected chi connectivity index (χ0v) is 15.9. The molecule has 1 saturated carbocycles. The van der Waals surface area contributed by atoms with Gasteiger partial charge in [0.15, 0.2) is 0 Å². The van der Waals surface area contributed by atoms with E-state index in [0.717, 1.165) is 19.3 Å². The molecule has 2 heteroatoms. The molecule has 1 fully saturated rings. The minimum atomic E-state index is 0. The summed E-state index contributed by atoms with van der Waals surface area (Å²) in [6.07, 6.45) is 4.91. The summed E-state index contributed by atoms with van der Waals surface area (Å²) in [5, 5.41) is 0. The van der Waals surface area contributed by atoms with Crippen LogP contribution < -0.4 is 0 Å². The van der Waals surface area contributed by atoms with Crippen LogP contribution in [0.3, 0.4) is 0 Å². The molecular weight excluding hydrogens is 423 g/mol. The van der Waals surface area contributed by atoms with Gasteiger partial charge in [-0.2, -0.15) is 5.92 Å². The van der Waals surface area contributed by atoms with Crippen LogP contribution in [-0.2, 0) is 4.79 Å². The number of carbonyl (C=O) groups is 1. The van der Waals surface area contributed by atoms with Gasteiger partial charge in [-0.3, -0.25) is 4.79 Å². The van der Waals surface area contributed by atoms with Gasteiger partial charge in [-0.05, 0) is 32.6 Å². The third-order valence-electron chi connectivity index (χ3n) is 3.76.